The van der Waals surface area contributed by atoms with E-state index in [2.05, 4.69) is 15.3 Å². The van der Waals surface area contributed by atoms with Gasteiger partial charge in [-0.3, -0.25) is 9.78 Å². The van der Waals surface area contributed by atoms with Crippen molar-refractivity contribution in [3.63, 3.8) is 0 Å². The first-order valence-electron chi connectivity index (χ1n) is 8.42. The molecule has 0 bridgehead atoms. The topological polar surface area (TPSA) is 149 Å². The smallest absolute Gasteiger partial charge is 0.245 e. The van der Waals surface area contributed by atoms with Crippen LogP contribution < -0.4 is 10.5 Å². The molecule has 13 heteroatoms. The number of sulfonamides is 1. The summed E-state index contributed by atoms with van der Waals surface area (Å²) in [5.41, 5.74) is 1.65. The van der Waals surface area contributed by atoms with Crippen LogP contribution in [0.1, 0.15) is 10.3 Å². The SMILES string of the molecule is CS(=O)(=O)C(C(=O)NCCS(N)(=O)=O)c1nc2ccc(-c3cncc(F)c3)cc2s1. The zero-order valence-corrected chi connectivity index (χ0v) is 18.0. The number of pyridine rings is 1. The molecule has 9 nitrogen and oxygen atoms in total. The fourth-order valence-electron chi connectivity index (χ4n) is 2.70. The number of carbonyl (C=O) groups is 1. The molecule has 0 saturated carbocycles. The van der Waals surface area contributed by atoms with E-state index in [1.165, 1.54) is 12.3 Å². The molecule has 2 heterocycles. The first-order valence-corrected chi connectivity index (χ1v) is 12.9. The fourth-order valence-corrected chi connectivity index (χ4v) is 5.64. The fraction of sp³-hybridized carbons (Fsp3) is 0.235. The third kappa shape index (κ3) is 5.36. The number of hydrogen-bond acceptors (Lipinski definition) is 8. The van der Waals surface area contributed by atoms with E-state index in [0.29, 0.717) is 21.3 Å². The van der Waals surface area contributed by atoms with Gasteiger partial charge in [-0.2, -0.15) is 0 Å². The second kappa shape index (κ2) is 8.34. The van der Waals surface area contributed by atoms with Crippen molar-refractivity contribution >= 4 is 47.3 Å². The van der Waals surface area contributed by atoms with Crippen LogP contribution in [0, 0.1) is 5.82 Å². The quantitative estimate of drug-likeness (QED) is 0.521. The molecule has 1 aromatic carbocycles. The Hall–Kier alpha value is -2.48. The van der Waals surface area contributed by atoms with E-state index >= 15 is 0 Å². The largest absolute Gasteiger partial charge is 0.354 e. The summed E-state index contributed by atoms with van der Waals surface area (Å²) in [5.74, 6) is -1.92. The van der Waals surface area contributed by atoms with Crippen molar-refractivity contribution < 1.29 is 26.0 Å². The summed E-state index contributed by atoms with van der Waals surface area (Å²) >= 11 is 1.00. The Kier molecular flexibility index (Phi) is 6.17. The zero-order chi connectivity index (χ0) is 22.1. The molecule has 1 unspecified atom stereocenters. The van der Waals surface area contributed by atoms with Gasteiger partial charge in [0.2, 0.25) is 15.9 Å². The maximum Gasteiger partial charge on any atom is 0.245 e. The Morgan fingerprint density at radius 1 is 1.20 bits per heavy atom. The monoisotopic (exact) mass is 472 g/mol. The summed E-state index contributed by atoms with van der Waals surface area (Å²) in [6, 6.07) is 6.33. The van der Waals surface area contributed by atoms with Gasteiger partial charge in [-0.1, -0.05) is 6.07 Å². The van der Waals surface area contributed by atoms with Crippen LogP contribution in [0.25, 0.3) is 21.3 Å². The summed E-state index contributed by atoms with van der Waals surface area (Å²) < 4.78 is 60.6. The van der Waals surface area contributed by atoms with Gasteiger partial charge in [-0.05, 0) is 23.8 Å². The summed E-state index contributed by atoms with van der Waals surface area (Å²) in [5, 5.41) is 5.59. The Morgan fingerprint density at radius 3 is 2.57 bits per heavy atom. The number of amides is 1. The average Bonchev–Trinajstić information content (AvgIpc) is 3.01. The standard InChI is InChI=1S/C17H17FN4O5S3/c1-29(24,25)15(16(23)21-4-5-30(19,26)27)17-22-13-3-2-10(7-14(13)28-17)11-6-12(18)9-20-8-11/h2-3,6-9,15H,4-5H2,1H3,(H,21,23)(H2,19,26,27). The number of fused-ring (bicyclic) bond motifs is 1. The number of nitrogens with zero attached hydrogens (tertiary/aromatic N) is 2. The molecular formula is C17H17FN4O5S3. The molecule has 0 spiro atoms. The molecule has 160 valence electrons. The summed E-state index contributed by atoms with van der Waals surface area (Å²) in [7, 11) is -7.71. The van der Waals surface area contributed by atoms with E-state index in [1.807, 2.05) is 0 Å². The highest BCUT2D eigenvalue weighted by Crippen LogP contribution is 2.33. The Labute approximate surface area is 176 Å². The van der Waals surface area contributed by atoms with Gasteiger partial charge in [0, 0.05) is 24.6 Å². The Balaban J connectivity index is 1.94. The van der Waals surface area contributed by atoms with Crippen LogP contribution in [-0.4, -0.2) is 51.3 Å². The lowest BCUT2D eigenvalue weighted by molar-refractivity contribution is -0.120. The molecule has 0 aliphatic heterocycles. The molecule has 0 aliphatic rings. The van der Waals surface area contributed by atoms with Crippen LogP contribution in [0.3, 0.4) is 0 Å². The minimum atomic E-state index is -3.90. The molecule has 0 fully saturated rings. The average molecular weight is 473 g/mol. The van der Waals surface area contributed by atoms with E-state index in [4.69, 9.17) is 5.14 Å². The normalized spacial score (nSPS) is 13.3. The van der Waals surface area contributed by atoms with E-state index in [9.17, 15) is 26.0 Å². The summed E-state index contributed by atoms with van der Waals surface area (Å²) in [6.45, 7) is -0.328. The van der Waals surface area contributed by atoms with Crippen molar-refractivity contribution in [2.24, 2.45) is 5.14 Å². The predicted octanol–water partition coefficient (Wildman–Crippen LogP) is 0.988. The first kappa shape index (κ1) is 22.2. The summed E-state index contributed by atoms with van der Waals surface area (Å²) in [6.07, 6.45) is 3.47. The van der Waals surface area contributed by atoms with Gasteiger partial charge in [0.1, 0.15) is 10.8 Å². The summed E-state index contributed by atoms with van der Waals surface area (Å²) in [4.78, 5) is 20.5. The number of thiazole rings is 1. The van der Waals surface area contributed by atoms with Gasteiger partial charge in [-0.25, -0.2) is 31.3 Å². The number of benzene rings is 1. The number of carbonyl (C=O) groups excluding carboxylic acids is 1. The Morgan fingerprint density at radius 2 is 1.93 bits per heavy atom. The number of rotatable bonds is 7. The third-order valence-corrected chi connectivity index (χ3v) is 7.32. The molecule has 30 heavy (non-hydrogen) atoms. The highest BCUT2D eigenvalue weighted by atomic mass is 32.2. The van der Waals surface area contributed by atoms with Crippen LogP contribution in [0.2, 0.25) is 0 Å². The lowest BCUT2D eigenvalue weighted by Gasteiger charge is -2.12. The van der Waals surface area contributed by atoms with Crippen molar-refractivity contribution in [1.82, 2.24) is 15.3 Å². The van der Waals surface area contributed by atoms with Gasteiger partial charge in [0.05, 0.1) is 22.2 Å². The van der Waals surface area contributed by atoms with Gasteiger partial charge < -0.3 is 5.32 Å². The Bertz CT molecular complexity index is 1320. The van der Waals surface area contributed by atoms with Crippen LogP contribution in [0.5, 0.6) is 0 Å². The molecule has 1 atom stereocenters. The maximum atomic E-state index is 13.4. The van der Waals surface area contributed by atoms with Gasteiger partial charge in [-0.15, -0.1) is 11.3 Å². The number of primary sulfonamides is 1. The number of nitrogens with two attached hydrogens (primary N) is 1. The van der Waals surface area contributed by atoms with Crippen LogP contribution in [-0.2, 0) is 24.7 Å². The number of sulfone groups is 1. The second-order valence-corrected chi connectivity index (χ2v) is 11.4. The lowest BCUT2D eigenvalue weighted by Crippen LogP contribution is -2.37. The number of hydrogen-bond donors (Lipinski definition) is 2. The predicted molar refractivity (Wildman–Crippen MR) is 111 cm³/mol. The molecule has 3 rings (SSSR count). The van der Waals surface area contributed by atoms with Gasteiger partial charge >= 0.3 is 0 Å². The molecule has 2 aromatic heterocycles. The van der Waals surface area contributed by atoms with E-state index in [0.717, 1.165) is 23.8 Å². The highest BCUT2D eigenvalue weighted by molar-refractivity contribution is 7.91. The lowest BCUT2D eigenvalue weighted by atomic mass is 10.1. The molecule has 0 radical (unpaired) electrons. The minimum absolute atomic E-state index is 0.0372. The molecule has 0 saturated heterocycles. The molecular weight excluding hydrogens is 455 g/mol. The van der Waals surface area contributed by atoms with E-state index in [-0.39, 0.29) is 11.6 Å². The third-order valence-electron chi connectivity index (χ3n) is 4.02. The van der Waals surface area contributed by atoms with Gasteiger partial charge in [0.15, 0.2) is 15.1 Å². The van der Waals surface area contributed by atoms with Crippen LogP contribution in [0.15, 0.2) is 36.7 Å². The van der Waals surface area contributed by atoms with Crippen molar-refractivity contribution in [3.8, 4) is 11.1 Å². The van der Waals surface area contributed by atoms with Crippen LogP contribution in [0.4, 0.5) is 4.39 Å². The molecule has 3 aromatic rings. The van der Waals surface area contributed by atoms with E-state index < -0.39 is 42.6 Å². The molecule has 0 aliphatic carbocycles. The number of aromatic nitrogens is 2. The number of halogens is 1. The highest BCUT2D eigenvalue weighted by Gasteiger charge is 2.33. The second-order valence-electron chi connectivity index (χ2n) is 6.49. The van der Waals surface area contributed by atoms with Crippen molar-refractivity contribution in [3.05, 3.63) is 47.5 Å². The van der Waals surface area contributed by atoms with Crippen molar-refractivity contribution in [2.45, 2.75) is 5.25 Å². The van der Waals surface area contributed by atoms with Crippen molar-refractivity contribution in [1.29, 1.82) is 0 Å². The number of nitrogens with one attached hydrogen (secondary N) is 1. The molecule has 1 amide bonds. The first-order chi connectivity index (χ1) is 13.9. The van der Waals surface area contributed by atoms with Crippen LogP contribution >= 0.6 is 11.3 Å². The molecule has 3 N–H and O–H groups in total. The minimum Gasteiger partial charge on any atom is -0.354 e. The van der Waals surface area contributed by atoms with E-state index in [1.54, 1.807) is 18.2 Å². The maximum absolute atomic E-state index is 13.4. The van der Waals surface area contributed by atoms with Crippen molar-refractivity contribution in [2.75, 3.05) is 18.6 Å². The van der Waals surface area contributed by atoms with Gasteiger partial charge in [0.25, 0.3) is 0 Å². The zero-order valence-electron chi connectivity index (χ0n) is 15.6.